The van der Waals surface area contributed by atoms with E-state index in [1.165, 1.54) is 83.9 Å². The Morgan fingerprint density at radius 2 is 1.12 bits per heavy atom. The van der Waals surface area contributed by atoms with Crippen molar-refractivity contribution in [2.75, 3.05) is 82.1 Å². The number of likely N-dealkylation sites (N-methyl/N-ethyl adjacent to an activating group) is 7. The van der Waals surface area contributed by atoms with Gasteiger partial charge in [0, 0.05) is 90.3 Å². The molecule has 0 bridgehead atoms. The predicted molar refractivity (Wildman–Crippen MR) is 365 cm³/mol. The van der Waals surface area contributed by atoms with Crippen LogP contribution in [0.2, 0.25) is 15.1 Å². The number of piperidine rings is 1. The number of nitrogens with one attached hydrogen (secondary N) is 4. The summed E-state index contributed by atoms with van der Waals surface area (Å²) in [6.07, 6.45) is 3.11. The normalized spacial score (nSPS) is 23.8. The largest absolute Gasteiger partial charge is 0.343 e. The molecule has 0 aromatic heterocycles. The third-order valence-corrected chi connectivity index (χ3v) is 18.8. The number of likely N-dealkylation sites (tertiary alicyclic amines) is 1. The lowest BCUT2D eigenvalue weighted by atomic mass is 9.95. The molecular weight excluding hydrogens is 1280 g/mol. The molecule has 4 rings (SSSR count). The van der Waals surface area contributed by atoms with Gasteiger partial charge >= 0.3 is 0 Å². The second-order valence-corrected chi connectivity index (χ2v) is 28.3. The van der Waals surface area contributed by atoms with Crippen molar-refractivity contribution in [2.45, 2.75) is 187 Å². The van der Waals surface area contributed by atoms with E-state index >= 15 is 4.79 Å². The summed E-state index contributed by atoms with van der Waals surface area (Å²) < 4.78 is 0. The maximum Gasteiger partial charge on any atom is 0.246 e. The van der Waals surface area contributed by atoms with Crippen LogP contribution in [0.25, 0.3) is 0 Å². The van der Waals surface area contributed by atoms with Gasteiger partial charge in [0.25, 0.3) is 0 Å². The Labute approximate surface area is 576 Å². The van der Waals surface area contributed by atoms with Crippen molar-refractivity contribution < 1.29 is 57.5 Å². The van der Waals surface area contributed by atoms with Gasteiger partial charge in [0.2, 0.25) is 70.9 Å². The second-order valence-electron chi connectivity index (χ2n) is 27.0. The maximum atomic E-state index is 15.1. The molecule has 27 heteroatoms. The lowest BCUT2D eigenvalue weighted by Gasteiger charge is -2.39. The molecule has 2 aromatic carbocycles. The van der Waals surface area contributed by atoms with Crippen LogP contribution >= 0.6 is 34.8 Å². The van der Waals surface area contributed by atoms with Gasteiger partial charge in [-0.3, -0.25) is 57.5 Å². The number of carbonyl (C=O) groups is 12. The van der Waals surface area contributed by atoms with Crippen LogP contribution in [-0.2, 0) is 70.4 Å². The first-order chi connectivity index (χ1) is 44.4. The van der Waals surface area contributed by atoms with Gasteiger partial charge in [0.05, 0.1) is 26.1 Å². The van der Waals surface area contributed by atoms with Crippen molar-refractivity contribution in [1.82, 2.24) is 60.5 Å². The Morgan fingerprint density at radius 1 is 0.547 bits per heavy atom. The van der Waals surface area contributed by atoms with Crippen LogP contribution in [0.4, 0.5) is 0 Å². The van der Waals surface area contributed by atoms with Crippen LogP contribution in [0.3, 0.4) is 0 Å². The maximum absolute atomic E-state index is 15.1. The van der Waals surface area contributed by atoms with Crippen molar-refractivity contribution in [1.29, 1.82) is 0 Å². The highest BCUT2D eigenvalue weighted by Gasteiger charge is 2.44. The molecule has 0 radical (unpaired) electrons. The molecule has 4 N–H and O–H groups in total. The van der Waals surface area contributed by atoms with E-state index in [0.29, 0.717) is 61.3 Å². The molecule has 2 aliphatic heterocycles. The number of rotatable bonds is 14. The topological polar surface area (TPSA) is 279 Å². The molecule has 2 saturated heterocycles. The molecule has 0 unspecified atom stereocenters. The van der Waals surface area contributed by atoms with Crippen LogP contribution in [0, 0.1) is 17.8 Å². The Bertz CT molecular complexity index is 3030. The Morgan fingerprint density at radius 3 is 1.68 bits per heavy atom. The fourth-order valence-electron chi connectivity index (χ4n) is 11.5. The van der Waals surface area contributed by atoms with Gasteiger partial charge in [-0.1, -0.05) is 115 Å². The molecule has 0 spiro atoms. The van der Waals surface area contributed by atoms with Crippen molar-refractivity contribution in [3.63, 3.8) is 0 Å². The third kappa shape index (κ3) is 23.1. The monoisotopic (exact) mass is 1380 g/mol. The van der Waals surface area contributed by atoms with Crippen molar-refractivity contribution in [2.24, 2.45) is 17.8 Å². The van der Waals surface area contributed by atoms with Crippen LogP contribution in [0.1, 0.15) is 138 Å². The number of unbranched alkanes of at least 4 members (excludes halogenated alkanes) is 1. The van der Waals surface area contributed by atoms with E-state index in [2.05, 4.69) is 21.3 Å². The first-order valence-electron chi connectivity index (χ1n) is 32.9. The lowest BCUT2D eigenvalue weighted by Crippen LogP contribution is -2.63. The molecular formula is C68H103Cl3N12O12. The van der Waals surface area contributed by atoms with E-state index in [-0.39, 0.29) is 54.0 Å². The first kappa shape index (κ1) is 80.4. The molecule has 0 saturated carbocycles. The SMILES string of the molecule is CCCC[C@@H]1NC(=O)[C@H](Cc2cc(Cl)cc(Cl)c2)NC(=O)CN(C)C(=O)[C@H](Cc2ccc(Cl)cc2)N(C)C(=O)CN(C)C(=O)CN(C)C(=O)[C@H]([C@@H](C)CC)NC(=O)[C@H](CC(C)C)N(C)C(=O)C[C@@H](C(=O)N2CCCCC2)N(C)C(=O)[C@H](CC(C)C)NC(=O)C(C)(C)N(C)C1=O. The number of amides is 12. The van der Waals surface area contributed by atoms with Gasteiger partial charge in [0.1, 0.15) is 47.8 Å². The zero-order valence-corrected chi connectivity index (χ0v) is 60.7. The molecule has 528 valence electrons. The summed E-state index contributed by atoms with van der Waals surface area (Å²) in [5.41, 5.74) is -0.709. The Hall–Kier alpha value is -7.05. The van der Waals surface area contributed by atoms with Crippen LogP contribution in [0.5, 0.6) is 0 Å². The van der Waals surface area contributed by atoms with Gasteiger partial charge in [-0.2, -0.15) is 0 Å². The number of halogens is 3. The molecule has 0 aliphatic carbocycles. The quantitative estimate of drug-likeness (QED) is 0.190. The number of carbonyl (C=O) groups excluding carboxylic acids is 12. The highest BCUT2D eigenvalue weighted by molar-refractivity contribution is 6.34. The highest BCUT2D eigenvalue weighted by Crippen LogP contribution is 2.25. The number of nitrogens with zero attached hydrogens (tertiary/aromatic N) is 8. The minimum Gasteiger partial charge on any atom is -0.343 e. The zero-order valence-electron chi connectivity index (χ0n) is 58.4. The van der Waals surface area contributed by atoms with E-state index in [1.54, 1.807) is 48.2 Å². The highest BCUT2D eigenvalue weighted by atomic mass is 35.5. The molecule has 2 aromatic rings. The lowest BCUT2D eigenvalue weighted by molar-refractivity contribution is -0.152. The van der Waals surface area contributed by atoms with E-state index in [0.717, 1.165) is 26.0 Å². The number of benzene rings is 2. The van der Waals surface area contributed by atoms with Gasteiger partial charge in [-0.15, -0.1) is 0 Å². The molecule has 2 aliphatic rings. The first-order valence-corrected chi connectivity index (χ1v) is 34.1. The summed E-state index contributed by atoms with van der Waals surface area (Å²) >= 11 is 19.1. The van der Waals surface area contributed by atoms with Gasteiger partial charge in [0.15, 0.2) is 0 Å². The minimum absolute atomic E-state index is 0.0681. The van der Waals surface area contributed by atoms with E-state index < -0.39 is 151 Å². The average molecular weight is 1390 g/mol. The van der Waals surface area contributed by atoms with E-state index in [1.807, 2.05) is 41.5 Å². The fourth-order valence-corrected chi connectivity index (χ4v) is 12.2. The smallest absolute Gasteiger partial charge is 0.246 e. The summed E-state index contributed by atoms with van der Waals surface area (Å²) in [5.74, 6) is -9.22. The van der Waals surface area contributed by atoms with Crippen molar-refractivity contribution >= 4 is 106 Å². The van der Waals surface area contributed by atoms with Gasteiger partial charge < -0.3 is 60.5 Å². The summed E-state index contributed by atoms with van der Waals surface area (Å²) in [4.78, 5) is 186. The van der Waals surface area contributed by atoms with Gasteiger partial charge in [-0.05, 0) is 112 Å². The Balaban J connectivity index is 1.90. The van der Waals surface area contributed by atoms with Crippen LogP contribution in [-0.4, -0.2) is 240 Å². The molecule has 95 heavy (non-hydrogen) atoms. The summed E-state index contributed by atoms with van der Waals surface area (Å²) in [6, 6.07) is 2.06. The Kier molecular flexibility index (Phi) is 31.2. The average Bonchev–Trinajstić information content (AvgIpc) is 0.820. The van der Waals surface area contributed by atoms with Crippen LogP contribution < -0.4 is 21.3 Å². The van der Waals surface area contributed by atoms with Crippen molar-refractivity contribution in [3.8, 4) is 0 Å². The summed E-state index contributed by atoms with van der Waals surface area (Å²) in [6.45, 7) is 14.8. The fraction of sp³-hybridized carbons (Fsp3) is 0.647. The van der Waals surface area contributed by atoms with Crippen molar-refractivity contribution in [3.05, 3.63) is 68.7 Å². The molecule has 8 atom stereocenters. The zero-order chi connectivity index (χ0) is 71.5. The second kappa shape index (κ2) is 36.9. The van der Waals surface area contributed by atoms with Gasteiger partial charge in [-0.25, -0.2) is 0 Å². The standard InChI is InChI=1S/C68H103Cl3N12O12/c1-17-19-23-49-63(91)82(16)68(8,9)67(95)74-51(30-41(3)4)62(90)81(15)54(65(93)83-28-21-20-22-29-83)37-56(85)79(13)52(31-42(5)6)61(89)75-59(43(7)18-2)66(94)78(12)39-57(86)76(10)40-58(87)80(14)53(35-44-24-26-46(69)27-25-44)64(92)77(11)38-55(84)72-50(60(88)73-49)34-45-32-47(70)36-48(71)33-45/h24-27,32-33,36,41-43,49-54,59H,17-23,28-31,34-35,37-40H2,1-16H3,(H,72,84)(H,73,88)(H,74,95)(H,75,89)/t43-,49-,50-,51-,52-,53-,54-,59-/m0/s1. The summed E-state index contributed by atoms with van der Waals surface area (Å²) in [7, 11) is 9.67. The molecule has 2 heterocycles. The third-order valence-electron chi connectivity index (χ3n) is 18.1. The number of hydrogen-bond donors (Lipinski definition) is 4. The van der Waals surface area contributed by atoms with E-state index in [9.17, 15) is 52.7 Å². The molecule has 24 nitrogen and oxygen atoms in total. The summed E-state index contributed by atoms with van der Waals surface area (Å²) in [5, 5.41) is 12.2. The minimum atomic E-state index is -1.72. The van der Waals surface area contributed by atoms with E-state index in [4.69, 9.17) is 34.8 Å². The predicted octanol–water partition coefficient (Wildman–Crippen LogP) is 5.21. The number of hydrogen-bond acceptors (Lipinski definition) is 12. The van der Waals surface area contributed by atoms with Crippen LogP contribution in [0.15, 0.2) is 42.5 Å². The molecule has 12 amide bonds. The molecule has 2 fully saturated rings.